The summed E-state index contributed by atoms with van der Waals surface area (Å²) in [4.78, 5) is 4.04. The molecule has 1 aromatic carbocycles. The van der Waals surface area contributed by atoms with Crippen LogP contribution in [-0.4, -0.2) is 4.98 Å². The van der Waals surface area contributed by atoms with Crippen LogP contribution in [0.4, 0.5) is 18.9 Å². The number of hydrogen-bond donors (Lipinski definition) is 1. The van der Waals surface area contributed by atoms with Crippen LogP contribution in [0.1, 0.15) is 16.1 Å². The Hall–Kier alpha value is -2.07. The number of rotatable bonds is 3. The van der Waals surface area contributed by atoms with E-state index in [1.165, 1.54) is 23.5 Å². The molecule has 0 spiro atoms. The second kappa shape index (κ2) is 5.28. The zero-order chi connectivity index (χ0) is 13.9. The van der Waals surface area contributed by atoms with Gasteiger partial charge < -0.3 is 5.32 Å². The molecular weight excluding hydrogens is 275 g/mol. The Morgan fingerprint density at radius 1 is 1.37 bits per heavy atom. The van der Waals surface area contributed by atoms with Gasteiger partial charge in [-0.15, -0.1) is 11.3 Å². The number of thiazole rings is 1. The average molecular weight is 283 g/mol. The molecular formula is C12H8F3N3S. The zero-order valence-electron chi connectivity index (χ0n) is 9.53. The van der Waals surface area contributed by atoms with Gasteiger partial charge in [0.15, 0.2) is 0 Å². The van der Waals surface area contributed by atoms with Gasteiger partial charge in [-0.1, -0.05) is 0 Å². The summed E-state index contributed by atoms with van der Waals surface area (Å²) in [7, 11) is 0. The summed E-state index contributed by atoms with van der Waals surface area (Å²) in [5, 5.41) is 14.3. The summed E-state index contributed by atoms with van der Waals surface area (Å²) >= 11 is 1.44. The molecule has 0 atom stereocenters. The number of alkyl halides is 3. The number of nitrogens with zero attached hydrogens (tertiary/aromatic N) is 2. The predicted molar refractivity (Wildman–Crippen MR) is 65.6 cm³/mol. The van der Waals surface area contributed by atoms with Gasteiger partial charge in [-0.25, -0.2) is 4.98 Å². The van der Waals surface area contributed by atoms with E-state index in [4.69, 9.17) is 5.26 Å². The van der Waals surface area contributed by atoms with E-state index in [-0.39, 0.29) is 0 Å². The lowest BCUT2D eigenvalue weighted by Gasteiger charge is -2.11. The van der Waals surface area contributed by atoms with E-state index in [1.807, 2.05) is 5.38 Å². The number of halogens is 3. The van der Waals surface area contributed by atoms with Gasteiger partial charge in [0.25, 0.3) is 0 Å². The van der Waals surface area contributed by atoms with Gasteiger partial charge in [0.2, 0.25) is 0 Å². The number of nitrogens with one attached hydrogen (secondary N) is 1. The fraction of sp³-hybridized carbons (Fsp3) is 0.167. The topological polar surface area (TPSA) is 48.7 Å². The first-order valence-corrected chi connectivity index (χ1v) is 6.12. The largest absolute Gasteiger partial charge is 0.417 e. The van der Waals surface area contributed by atoms with Crippen LogP contribution in [0, 0.1) is 11.3 Å². The van der Waals surface area contributed by atoms with E-state index in [9.17, 15) is 13.2 Å². The van der Waals surface area contributed by atoms with E-state index >= 15 is 0 Å². The molecule has 0 saturated heterocycles. The molecule has 2 rings (SSSR count). The Morgan fingerprint density at radius 3 is 2.74 bits per heavy atom. The lowest BCUT2D eigenvalue weighted by Crippen LogP contribution is -2.08. The minimum Gasteiger partial charge on any atom is -0.378 e. The number of aromatic nitrogens is 1. The van der Waals surface area contributed by atoms with E-state index in [0.717, 1.165) is 11.1 Å². The molecule has 3 nitrogen and oxygen atoms in total. The molecule has 0 saturated carbocycles. The highest BCUT2D eigenvalue weighted by Crippen LogP contribution is 2.33. The molecule has 7 heteroatoms. The third kappa shape index (κ3) is 3.23. The summed E-state index contributed by atoms with van der Waals surface area (Å²) in [6, 6.07) is 4.96. The van der Waals surface area contributed by atoms with Gasteiger partial charge in [0.1, 0.15) is 5.01 Å². The summed E-state index contributed by atoms with van der Waals surface area (Å²) in [5.74, 6) is 0. The highest BCUT2D eigenvalue weighted by atomic mass is 32.1. The van der Waals surface area contributed by atoms with Gasteiger partial charge in [-0.2, -0.15) is 18.4 Å². The van der Waals surface area contributed by atoms with Crippen LogP contribution < -0.4 is 5.32 Å². The second-order valence-electron chi connectivity index (χ2n) is 3.65. The molecule has 1 aromatic heterocycles. The highest BCUT2D eigenvalue weighted by Gasteiger charge is 2.33. The number of benzene rings is 1. The van der Waals surface area contributed by atoms with Crippen molar-refractivity contribution in [2.24, 2.45) is 0 Å². The van der Waals surface area contributed by atoms with Crippen molar-refractivity contribution in [2.45, 2.75) is 12.7 Å². The Balaban J connectivity index is 2.18. The van der Waals surface area contributed by atoms with Crippen molar-refractivity contribution in [2.75, 3.05) is 5.32 Å². The van der Waals surface area contributed by atoms with Gasteiger partial charge in [-0.3, -0.25) is 0 Å². The Labute approximate surface area is 111 Å². The quantitative estimate of drug-likeness (QED) is 0.935. The normalized spacial score (nSPS) is 11.1. The Kier molecular flexibility index (Phi) is 3.71. The maximum absolute atomic E-state index is 12.6. The molecule has 0 aliphatic heterocycles. The van der Waals surface area contributed by atoms with Gasteiger partial charge in [0, 0.05) is 17.3 Å². The van der Waals surface area contributed by atoms with Crippen molar-refractivity contribution < 1.29 is 13.2 Å². The molecule has 0 aliphatic rings. The van der Waals surface area contributed by atoms with Gasteiger partial charge >= 0.3 is 6.18 Å². The molecule has 19 heavy (non-hydrogen) atoms. The minimum atomic E-state index is -4.51. The molecule has 98 valence electrons. The van der Waals surface area contributed by atoms with Crippen LogP contribution in [-0.2, 0) is 12.7 Å². The van der Waals surface area contributed by atoms with E-state index in [2.05, 4.69) is 10.3 Å². The Morgan fingerprint density at radius 2 is 2.16 bits per heavy atom. The third-order valence-corrected chi connectivity index (χ3v) is 3.15. The van der Waals surface area contributed by atoms with Crippen molar-refractivity contribution in [3.05, 3.63) is 45.9 Å². The number of hydrogen-bond acceptors (Lipinski definition) is 4. The van der Waals surface area contributed by atoms with Gasteiger partial charge in [0.05, 0.1) is 23.7 Å². The highest BCUT2D eigenvalue weighted by molar-refractivity contribution is 7.09. The standard InChI is InChI=1S/C12H8F3N3S/c13-12(14,15)10-2-1-9(5-8(10)6-16)18-7-11-17-3-4-19-11/h1-5,18H,7H2. The Bertz CT molecular complexity index is 600. The first-order valence-electron chi connectivity index (χ1n) is 5.24. The fourth-order valence-corrected chi connectivity index (χ4v) is 2.07. The first-order chi connectivity index (χ1) is 9.00. The summed E-state index contributed by atoms with van der Waals surface area (Å²) in [6.07, 6.45) is -2.87. The third-order valence-electron chi connectivity index (χ3n) is 2.37. The fourth-order valence-electron chi connectivity index (χ4n) is 1.51. The van der Waals surface area contributed by atoms with Crippen LogP contribution in [0.3, 0.4) is 0 Å². The van der Waals surface area contributed by atoms with Crippen molar-refractivity contribution in [1.82, 2.24) is 4.98 Å². The van der Waals surface area contributed by atoms with Crippen LogP contribution in [0.2, 0.25) is 0 Å². The van der Waals surface area contributed by atoms with Crippen molar-refractivity contribution in [1.29, 1.82) is 5.26 Å². The predicted octanol–water partition coefficient (Wildman–Crippen LogP) is 3.65. The number of anilines is 1. The molecule has 0 unspecified atom stereocenters. The summed E-state index contributed by atoms with van der Waals surface area (Å²) < 4.78 is 37.8. The van der Waals surface area contributed by atoms with E-state index in [1.54, 1.807) is 12.3 Å². The molecule has 0 bridgehead atoms. The first kappa shape index (κ1) is 13.4. The van der Waals surface area contributed by atoms with Crippen LogP contribution in [0.25, 0.3) is 0 Å². The molecule has 0 amide bonds. The van der Waals surface area contributed by atoms with Crippen molar-refractivity contribution >= 4 is 17.0 Å². The average Bonchev–Trinajstić information content (AvgIpc) is 2.88. The molecule has 0 radical (unpaired) electrons. The summed E-state index contributed by atoms with van der Waals surface area (Å²) in [5.41, 5.74) is -0.855. The monoisotopic (exact) mass is 283 g/mol. The lowest BCUT2D eigenvalue weighted by atomic mass is 10.1. The maximum Gasteiger partial charge on any atom is 0.417 e. The molecule has 1 heterocycles. The van der Waals surface area contributed by atoms with Crippen molar-refractivity contribution in [3.63, 3.8) is 0 Å². The van der Waals surface area contributed by atoms with E-state index < -0.39 is 17.3 Å². The van der Waals surface area contributed by atoms with E-state index in [0.29, 0.717) is 12.2 Å². The second-order valence-corrected chi connectivity index (χ2v) is 4.63. The lowest BCUT2D eigenvalue weighted by molar-refractivity contribution is -0.137. The molecule has 0 fully saturated rings. The summed E-state index contributed by atoms with van der Waals surface area (Å²) in [6.45, 7) is 0.411. The SMILES string of the molecule is N#Cc1cc(NCc2nccs2)ccc1C(F)(F)F. The molecule has 1 N–H and O–H groups in total. The number of nitriles is 1. The zero-order valence-corrected chi connectivity index (χ0v) is 10.3. The molecule has 0 aliphatic carbocycles. The van der Waals surface area contributed by atoms with Crippen LogP contribution >= 0.6 is 11.3 Å². The van der Waals surface area contributed by atoms with Gasteiger partial charge in [-0.05, 0) is 18.2 Å². The maximum atomic E-state index is 12.6. The molecule has 2 aromatic rings. The van der Waals surface area contributed by atoms with Crippen LogP contribution in [0.5, 0.6) is 0 Å². The van der Waals surface area contributed by atoms with Crippen molar-refractivity contribution in [3.8, 4) is 6.07 Å². The minimum absolute atomic E-state index is 0.392. The smallest absolute Gasteiger partial charge is 0.378 e. The van der Waals surface area contributed by atoms with Crippen LogP contribution in [0.15, 0.2) is 29.8 Å².